The van der Waals surface area contributed by atoms with E-state index in [9.17, 15) is 14.0 Å². The fraction of sp³-hybridized carbons (Fsp3) is 0.500. The van der Waals surface area contributed by atoms with E-state index in [1.807, 2.05) is 36.6 Å². The van der Waals surface area contributed by atoms with Crippen molar-refractivity contribution in [3.8, 4) is 0 Å². The topological polar surface area (TPSA) is 81.1 Å². The van der Waals surface area contributed by atoms with Gasteiger partial charge in [0.25, 0.3) is 5.91 Å². The van der Waals surface area contributed by atoms with Crippen LogP contribution in [-0.2, 0) is 9.59 Å². The molecule has 238 valence electrons. The molecule has 13 heteroatoms. The summed E-state index contributed by atoms with van der Waals surface area (Å²) in [5.74, 6) is -1.28. The Morgan fingerprint density at radius 2 is 1.89 bits per heavy atom. The molecule has 4 aliphatic heterocycles. The van der Waals surface area contributed by atoms with Crippen molar-refractivity contribution in [1.29, 1.82) is 0 Å². The van der Waals surface area contributed by atoms with Crippen LogP contribution in [0.3, 0.4) is 0 Å². The van der Waals surface area contributed by atoms with E-state index >= 15 is 4.39 Å². The number of amides is 2. The first-order valence-electron chi connectivity index (χ1n) is 15.3. The number of alkyl halides is 1. The van der Waals surface area contributed by atoms with Gasteiger partial charge in [0, 0.05) is 43.0 Å². The number of rotatable bonds is 5. The number of likely N-dealkylation sites (tertiary alicyclic amines) is 1. The second-order valence-corrected chi connectivity index (χ2v) is 14.8. The highest BCUT2D eigenvalue weighted by atomic mass is 35.5. The van der Waals surface area contributed by atoms with Crippen LogP contribution >= 0.6 is 35.0 Å². The number of benzene rings is 1. The Labute approximate surface area is 275 Å². The second kappa shape index (κ2) is 11.5. The van der Waals surface area contributed by atoms with E-state index in [-0.39, 0.29) is 47.3 Å². The standard InChI is InChI=1S/C32H34Cl2F2N6O2S/c1-16(2)26-28(30(44)40-14-20(35)11-23(40)29(43)41-15-32(8-9-32)38-12-17(41)3)45-31-39-25(19-5-7-24(34)37-13-19)27(42(26)31)18-4-6-21(33)22(36)10-18/h4-7,10,13,16-17,20,23,25,27,38H,8-9,11-12,14-15H2,1-3H3/t17?,20-,23+,25+,27-/m1/s1. The van der Waals surface area contributed by atoms with Crippen LogP contribution in [0.25, 0.3) is 0 Å². The summed E-state index contributed by atoms with van der Waals surface area (Å²) >= 11 is 13.3. The highest BCUT2D eigenvalue weighted by molar-refractivity contribution is 8.18. The summed E-state index contributed by atoms with van der Waals surface area (Å²) in [6.45, 7) is 7.04. The summed E-state index contributed by atoms with van der Waals surface area (Å²) in [7, 11) is 0. The second-order valence-electron chi connectivity index (χ2n) is 13.0. The number of hydrogen-bond donors (Lipinski definition) is 1. The Hall–Kier alpha value is -2.73. The summed E-state index contributed by atoms with van der Waals surface area (Å²) in [5, 5.41) is 4.47. The molecule has 7 rings (SSSR count). The molecule has 0 radical (unpaired) electrons. The quantitative estimate of drug-likeness (QED) is 0.399. The van der Waals surface area contributed by atoms with Gasteiger partial charge in [0.2, 0.25) is 5.91 Å². The molecular weight excluding hydrogens is 641 g/mol. The number of nitrogens with zero attached hydrogens (tertiary/aromatic N) is 5. The molecule has 8 nitrogen and oxygen atoms in total. The van der Waals surface area contributed by atoms with Crippen LogP contribution in [0.1, 0.15) is 63.2 Å². The predicted molar refractivity (Wildman–Crippen MR) is 171 cm³/mol. The lowest BCUT2D eigenvalue weighted by Gasteiger charge is -2.41. The van der Waals surface area contributed by atoms with Crippen LogP contribution in [0.15, 0.2) is 52.1 Å². The van der Waals surface area contributed by atoms with E-state index in [1.165, 1.54) is 28.8 Å². The number of nitrogens with one attached hydrogen (secondary N) is 1. The first-order valence-corrected chi connectivity index (χ1v) is 16.9. The molecule has 2 amide bonds. The van der Waals surface area contributed by atoms with Crippen molar-refractivity contribution in [2.24, 2.45) is 10.9 Å². The van der Waals surface area contributed by atoms with Crippen molar-refractivity contribution in [1.82, 2.24) is 25.0 Å². The maximum Gasteiger partial charge on any atom is 0.263 e. The number of carbonyl (C=O) groups excluding carboxylic acids is 2. The number of amidine groups is 1. The van der Waals surface area contributed by atoms with Crippen molar-refractivity contribution >= 4 is 51.9 Å². The van der Waals surface area contributed by atoms with Crippen molar-refractivity contribution in [3.63, 3.8) is 0 Å². The van der Waals surface area contributed by atoms with Gasteiger partial charge >= 0.3 is 0 Å². The molecule has 1 N–H and O–H groups in total. The lowest BCUT2D eigenvalue weighted by atomic mass is 9.93. The highest BCUT2D eigenvalue weighted by Crippen LogP contribution is 2.54. The van der Waals surface area contributed by atoms with Gasteiger partial charge in [-0.3, -0.25) is 14.6 Å². The Morgan fingerprint density at radius 1 is 1.13 bits per heavy atom. The van der Waals surface area contributed by atoms with Gasteiger partial charge in [-0.1, -0.05) is 49.2 Å². The third-order valence-corrected chi connectivity index (χ3v) is 11.1. The molecule has 1 saturated carbocycles. The minimum Gasteiger partial charge on any atom is -0.335 e. The highest BCUT2D eigenvalue weighted by Gasteiger charge is 2.53. The fourth-order valence-electron chi connectivity index (χ4n) is 6.99. The SMILES string of the molecule is CC(C)C1=C(C(=O)N2C[C@H](F)C[C@H]2C(=O)N2CC3(CC3)NCC2C)SC2=N[C@@H](c3ccc(Cl)nc3)[C@@H](c3ccc(Cl)c(F)c3)N21. The number of aromatic nitrogens is 1. The predicted octanol–water partition coefficient (Wildman–Crippen LogP) is 5.89. The van der Waals surface area contributed by atoms with Gasteiger partial charge in [0.1, 0.15) is 34.1 Å². The molecule has 5 heterocycles. The van der Waals surface area contributed by atoms with Crippen molar-refractivity contribution in [3.05, 3.63) is 74.3 Å². The molecule has 3 fully saturated rings. The minimum absolute atomic E-state index is 0.00539. The van der Waals surface area contributed by atoms with Gasteiger partial charge in [-0.2, -0.15) is 0 Å². The zero-order chi connectivity index (χ0) is 31.8. The molecule has 1 unspecified atom stereocenters. The molecule has 1 aromatic heterocycles. The van der Waals surface area contributed by atoms with Gasteiger partial charge in [0.05, 0.1) is 17.6 Å². The summed E-state index contributed by atoms with van der Waals surface area (Å²) in [6, 6.07) is 6.29. The number of pyridine rings is 1. The molecule has 45 heavy (non-hydrogen) atoms. The number of allylic oxidation sites excluding steroid dienone is 1. The summed E-state index contributed by atoms with van der Waals surface area (Å²) in [4.78, 5) is 43.3. The van der Waals surface area contributed by atoms with Gasteiger partial charge in [-0.05, 0) is 66.8 Å². The number of halogens is 4. The molecule has 1 spiro atoms. The van der Waals surface area contributed by atoms with Gasteiger partial charge in [-0.15, -0.1) is 0 Å². The lowest BCUT2D eigenvalue weighted by molar-refractivity contribution is -0.144. The van der Waals surface area contributed by atoms with Gasteiger partial charge < -0.3 is 20.0 Å². The third kappa shape index (κ3) is 5.43. The molecule has 2 saturated heterocycles. The number of piperazine rings is 1. The molecule has 1 aromatic carbocycles. The molecule has 0 bridgehead atoms. The summed E-state index contributed by atoms with van der Waals surface area (Å²) in [5.41, 5.74) is 2.06. The largest absolute Gasteiger partial charge is 0.335 e. The van der Waals surface area contributed by atoms with Gasteiger partial charge in [0.15, 0.2) is 5.17 Å². The minimum atomic E-state index is -1.30. The summed E-state index contributed by atoms with van der Waals surface area (Å²) < 4.78 is 29.9. The number of carbonyl (C=O) groups is 2. The number of fused-ring (bicyclic) bond motifs is 1. The van der Waals surface area contributed by atoms with Gasteiger partial charge in [-0.25, -0.2) is 13.8 Å². The molecule has 1 aliphatic carbocycles. The van der Waals surface area contributed by atoms with Crippen LogP contribution in [0.5, 0.6) is 0 Å². The summed E-state index contributed by atoms with van der Waals surface area (Å²) in [6.07, 6.45) is 2.35. The Balaban J connectivity index is 1.24. The van der Waals surface area contributed by atoms with E-state index < -0.39 is 30.1 Å². The first-order chi connectivity index (χ1) is 21.5. The molecule has 2 aromatic rings. The third-order valence-electron chi connectivity index (χ3n) is 9.55. The molecule has 5 atom stereocenters. The Morgan fingerprint density at radius 3 is 2.56 bits per heavy atom. The zero-order valence-corrected chi connectivity index (χ0v) is 27.5. The monoisotopic (exact) mass is 674 g/mol. The van der Waals surface area contributed by atoms with E-state index in [4.69, 9.17) is 28.2 Å². The molecular formula is C32H34Cl2F2N6O2S. The Kier molecular flexibility index (Phi) is 7.90. The van der Waals surface area contributed by atoms with Crippen molar-refractivity contribution in [2.45, 2.75) is 75.9 Å². The fourth-order valence-corrected chi connectivity index (χ4v) is 8.52. The van der Waals surface area contributed by atoms with E-state index in [2.05, 4.69) is 10.3 Å². The number of hydrogen-bond acceptors (Lipinski definition) is 7. The maximum atomic E-state index is 15.1. The van der Waals surface area contributed by atoms with E-state index in [0.29, 0.717) is 39.6 Å². The maximum absolute atomic E-state index is 15.1. The van der Waals surface area contributed by atoms with Crippen molar-refractivity contribution < 1.29 is 18.4 Å². The van der Waals surface area contributed by atoms with Crippen LogP contribution in [0.4, 0.5) is 8.78 Å². The first kappa shape index (κ1) is 30.9. The normalized spacial score (nSPS) is 28.8. The Bertz CT molecular complexity index is 1620. The average Bonchev–Trinajstić information content (AvgIpc) is 3.31. The number of thioether (sulfide) groups is 1. The molecule has 5 aliphatic rings. The number of aliphatic imine (C=N–C) groups is 1. The average molecular weight is 676 g/mol. The van der Waals surface area contributed by atoms with Crippen LogP contribution < -0.4 is 5.32 Å². The van der Waals surface area contributed by atoms with Crippen molar-refractivity contribution in [2.75, 3.05) is 19.6 Å². The zero-order valence-electron chi connectivity index (χ0n) is 25.1. The van der Waals surface area contributed by atoms with E-state index in [1.54, 1.807) is 18.3 Å². The van der Waals surface area contributed by atoms with Crippen LogP contribution in [-0.4, -0.2) is 80.1 Å². The van der Waals surface area contributed by atoms with Crippen LogP contribution in [0.2, 0.25) is 10.2 Å². The van der Waals surface area contributed by atoms with Crippen LogP contribution in [0, 0.1) is 11.7 Å². The smallest absolute Gasteiger partial charge is 0.263 e. The van der Waals surface area contributed by atoms with E-state index in [0.717, 1.165) is 18.4 Å². The lowest BCUT2D eigenvalue weighted by Crippen LogP contribution is -2.61.